The second-order valence-corrected chi connectivity index (χ2v) is 5.29. The molecule has 0 saturated carbocycles. The summed E-state index contributed by atoms with van der Waals surface area (Å²) in [5.74, 6) is 1.12. The lowest BCUT2D eigenvalue weighted by molar-refractivity contribution is 0.0530. The van der Waals surface area contributed by atoms with Gasteiger partial charge in [0, 0.05) is 25.6 Å². The van der Waals surface area contributed by atoms with Gasteiger partial charge >= 0.3 is 6.09 Å². The number of aromatic amines is 1. The van der Waals surface area contributed by atoms with Crippen molar-refractivity contribution >= 4 is 11.9 Å². The molecule has 1 aromatic heterocycles. The quantitative estimate of drug-likeness (QED) is 0.707. The van der Waals surface area contributed by atoms with Gasteiger partial charge in [-0.05, 0) is 20.8 Å². The Morgan fingerprint density at radius 2 is 2.10 bits per heavy atom. The summed E-state index contributed by atoms with van der Waals surface area (Å²) in [5.41, 5.74) is -0.707. The van der Waals surface area contributed by atoms with Crippen molar-refractivity contribution in [3.8, 4) is 0 Å². The first-order chi connectivity index (χ1) is 9.30. The minimum absolute atomic E-state index is 0.195. The maximum atomic E-state index is 11.4. The molecule has 1 heterocycles. The topological polar surface area (TPSA) is 96.1 Å². The van der Waals surface area contributed by atoms with E-state index in [1.807, 2.05) is 6.92 Å². The second kappa shape index (κ2) is 6.93. The lowest BCUT2D eigenvalue weighted by Crippen LogP contribution is -2.35. The van der Waals surface area contributed by atoms with Crippen LogP contribution in [0.25, 0.3) is 0 Å². The monoisotopic (exact) mass is 282 g/mol. The normalized spacial score (nSPS) is 11.0. The van der Waals surface area contributed by atoms with Gasteiger partial charge in [0.05, 0.1) is 0 Å². The number of carbonyl (C=O) groups excluding carboxylic acids is 1. The van der Waals surface area contributed by atoms with E-state index in [4.69, 9.17) is 4.74 Å². The predicted molar refractivity (Wildman–Crippen MR) is 77.0 cm³/mol. The summed E-state index contributed by atoms with van der Waals surface area (Å²) in [7, 11) is 0. The molecule has 0 unspecified atom stereocenters. The van der Waals surface area contributed by atoms with E-state index in [-0.39, 0.29) is 5.56 Å². The Morgan fingerprint density at radius 3 is 2.70 bits per heavy atom. The number of nitrogens with one attached hydrogen (secondary N) is 3. The van der Waals surface area contributed by atoms with Gasteiger partial charge in [0.15, 0.2) is 0 Å². The molecule has 7 heteroatoms. The molecule has 0 aromatic carbocycles. The second-order valence-electron chi connectivity index (χ2n) is 5.29. The minimum atomic E-state index is -0.512. The zero-order chi connectivity index (χ0) is 15.2. The van der Waals surface area contributed by atoms with Crippen molar-refractivity contribution in [3.05, 3.63) is 22.2 Å². The molecule has 0 saturated heterocycles. The Labute approximate surface area is 118 Å². The molecule has 0 fully saturated rings. The number of hydrogen-bond acceptors (Lipinski definition) is 5. The number of alkyl carbamates (subject to hydrolysis) is 1. The molecule has 20 heavy (non-hydrogen) atoms. The largest absolute Gasteiger partial charge is 0.444 e. The van der Waals surface area contributed by atoms with Crippen molar-refractivity contribution < 1.29 is 9.53 Å². The first kappa shape index (κ1) is 16.0. The summed E-state index contributed by atoms with van der Waals surface area (Å²) < 4.78 is 5.10. The van der Waals surface area contributed by atoms with E-state index in [0.717, 1.165) is 0 Å². The average Bonchev–Trinajstić information content (AvgIpc) is 2.32. The summed E-state index contributed by atoms with van der Waals surface area (Å²) in [5, 5.41) is 5.59. The van der Waals surface area contributed by atoms with Crippen LogP contribution in [0.2, 0.25) is 0 Å². The highest BCUT2D eigenvalue weighted by atomic mass is 16.6. The molecule has 7 nitrogen and oxygen atoms in total. The maximum Gasteiger partial charge on any atom is 0.407 e. The summed E-state index contributed by atoms with van der Waals surface area (Å²) >= 11 is 0. The van der Waals surface area contributed by atoms with Gasteiger partial charge < -0.3 is 20.4 Å². The zero-order valence-electron chi connectivity index (χ0n) is 12.4. The van der Waals surface area contributed by atoms with Gasteiger partial charge in [-0.15, -0.1) is 0 Å². The van der Waals surface area contributed by atoms with Gasteiger partial charge in [0.2, 0.25) is 0 Å². The molecule has 0 atom stereocenters. The van der Waals surface area contributed by atoms with Gasteiger partial charge in [-0.25, -0.2) is 9.78 Å². The lowest BCUT2D eigenvalue weighted by Gasteiger charge is -2.19. The van der Waals surface area contributed by atoms with Crippen LogP contribution < -0.4 is 16.2 Å². The van der Waals surface area contributed by atoms with Crippen LogP contribution in [0.15, 0.2) is 10.9 Å². The first-order valence-electron chi connectivity index (χ1n) is 6.61. The number of hydrogen-bond donors (Lipinski definition) is 3. The number of carbonyl (C=O) groups is 1. The Morgan fingerprint density at radius 1 is 1.40 bits per heavy atom. The Balaban J connectivity index is 2.36. The molecule has 112 valence electrons. The van der Waals surface area contributed by atoms with Gasteiger partial charge in [-0.3, -0.25) is 4.79 Å². The summed E-state index contributed by atoms with van der Waals surface area (Å²) in [6.45, 7) is 8.15. The number of anilines is 1. The molecule has 0 bridgehead atoms. The number of rotatable bonds is 5. The third-order valence-corrected chi connectivity index (χ3v) is 2.22. The van der Waals surface area contributed by atoms with Crippen molar-refractivity contribution in [2.75, 3.05) is 18.4 Å². The third kappa shape index (κ3) is 6.21. The molecule has 0 aliphatic carbocycles. The zero-order valence-corrected chi connectivity index (χ0v) is 12.4. The van der Waals surface area contributed by atoms with Crippen molar-refractivity contribution in [2.45, 2.75) is 39.7 Å². The standard InChI is InChI=1S/C13H22N4O3/c1-5-9-16-10(8-11(18)17-9)14-6-7-15-12(19)20-13(2,3)4/h8H,5-7H2,1-4H3,(H,15,19)(H2,14,16,17,18). The Kier molecular flexibility index (Phi) is 5.54. The van der Waals surface area contributed by atoms with E-state index in [9.17, 15) is 9.59 Å². The van der Waals surface area contributed by atoms with E-state index in [0.29, 0.717) is 31.2 Å². The number of nitrogens with zero attached hydrogens (tertiary/aromatic N) is 1. The SMILES string of the molecule is CCc1nc(NCCNC(=O)OC(C)(C)C)cc(=O)[nH]1. The number of aryl methyl sites for hydroxylation is 1. The van der Waals surface area contributed by atoms with Crippen LogP contribution in [0.3, 0.4) is 0 Å². The fraction of sp³-hybridized carbons (Fsp3) is 0.615. The van der Waals surface area contributed by atoms with Crippen molar-refractivity contribution in [2.24, 2.45) is 0 Å². The molecular formula is C13H22N4O3. The minimum Gasteiger partial charge on any atom is -0.444 e. The van der Waals surface area contributed by atoms with E-state index in [2.05, 4.69) is 20.6 Å². The fourth-order valence-corrected chi connectivity index (χ4v) is 1.44. The molecule has 0 radical (unpaired) electrons. The lowest BCUT2D eigenvalue weighted by atomic mass is 10.2. The third-order valence-electron chi connectivity index (χ3n) is 2.22. The summed E-state index contributed by atoms with van der Waals surface area (Å²) in [6, 6.07) is 1.38. The van der Waals surface area contributed by atoms with Crippen molar-refractivity contribution in [3.63, 3.8) is 0 Å². The molecule has 0 aliphatic heterocycles. The van der Waals surface area contributed by atoms with E-state index < -0.39 is 11.7 Å². The van der Waals surface area contributed by atoms with Gasteiger partial charge in [0.1, 0.15) is 17.2 Å². The van der Waals surface area contributed by atoms with Crippen LogP contribution in [0.4, 0.5) is 10.6 Å². The molecule has 1 aromatic rings. The average molecular weight is 282 g/mol. The van der Waals surface area contributed by atoms with Crippen LogP contribution in [-0.4, -0.2) is 34.8 Å². The molecule has 1 rings (SSSR count). The highest BCUT2D eigenvalue weighted by molar-refractivity contribution is 5.67. The highest BCUT2D eigenvalue weighted by Crippen LogP contribution is 2.06. The predicted octanol–water partition coefficient (Wildman–Crippen LogP) is 1.27. The molecule has 0 spiro atoms. The van der Waals surface area contributed by atoms with Gasteiger partial charge in [-0.2, -0.15) is 0 Å². The summed E-state index contributed by atoms with van der Waals surface area (Å²) in [6.07, 6.45) is 0.188. The molecular weight excluding hydrogens is 260 g/mol. The molecule has 3 N–H and O–H groups in total. The maximum absolute atomic E-state index is 11.4. The molecule has 1 amide bonds. The first-order valence-corrected chi connectivity index (χ1v) is 6.61. The van der Waals surface area contributed by atoms with Crippen LogP contribution in [-0.2, 0) is 11.2 Å². The summed E-state index contributed by atoms with van der Waals surface area (Å²) in [4.78, 5) is 29.6. The van der Waals surface area contributed by atoms with E-state index in [1.165, 1.54) is 6.07 Å². The Hall–Kier alpha value is -2.05. The van der Waals surface area contributed by atoms with E-state index in [1.54, 1.807) is 20.8 Å². The van der Waals surface area contributed by atoms with Crippen molar-refractivity contribution in [1.82, 2.24) is 15.3 Å². The van der Waals surface area contributed by atoms with Gasteiger partial charge in [-0.1, -0.05) is 6.92 Å². The number of amides is 1. The van der Waals surface area contributed by atoms with Crippen LogP contribution >= 0.6 is 0 Å². The van der Waals surface area contributed by atoms with Crippen molar-refractivity contribution in [1.29, 1.82) is 0 Å². The number of H-pyrrole nitrogens is 1. The van der Waals surface area contributed by atoms with E-state index >= 15 is 0 Å². The van der Waals surface area contributed by atoms with Gasteiger partial charge in [0.25, 0.3) is 5.56 Å². The highest BCUT2D eigenvalue weighted by Gasteiger charge is 2.15. The Bertz CT molecular complexity index is 505. The number of aromatic nitrogens is 2. The number of ether oxygens (including phenoxy) is 1. The van der Waals surface area contributed by atoms with Crippen LogP contribution in [0.1, 0.15) is 33.5 Å². The molecule has 0 aliphatic rings. The smallest absolute Gasteiger partial charge is 0.407 e. The fourth-order valence-electron chi connectivity index (χ4n) is 1.44. The van der Waals surface area contributed by atoms with Crippen LogP contribution in [0.5, 0.6) is 0 Å². The van der Waals surface area contributed by atoms with Crippen LogP contribution in [0, 0.1) is 0 Å².